The SMILES string of the molecule is Cc1ccccc1[C@]1(C)C[C@@H]1CN. The summed E-state index contributed by atoms with van der Waals surface area (Å²) in [6.07, 6.45) is 1.26. The van der Waals surface area contributed by atoms with Gasteiger partial charge in [0.1, 0.15) is 0 Å². The van der Waals surface area contributed by atoms with Crippen LogP contribution in [0.15, 0.2) is 24.3 Å². The summed E-state index contributed by atoms with van der Waals surface area (Å²) in [4.78, 5) is 0. The zero-order valence-corrected chi connectivity index (χ0v) is 8.38. The number of rotatable bonds is 2. The summed E-state index contributed by atoms with van der Waals surface area (Å²) in [5.74, 6) is 0.702. The fourth-order valence-electron chi connectivity index (χ4n) is 2.34. The van der Waals surface area contributed by atoms with Crippen molar-refractivity contribution in [3.63, 3.8) is 0 Å². The van der Waals surface area contributed by atoms with Crippen molar-refractivity contribution in [1.82, 2.24) is 0 Å². The molecule has 1 nitrogen and oxygen atoms in total. The minimum Gasteiger partial charge on any atom is -0.330 e. The number of aryl methyl sites for hydroxylation is 1. The third-order valence-electron chi connectivity index (χ3n) is 3.46. The van der Waals surface area contributed by atoms with Crippen molar-refractivity contribution in [1.29, 1.82) is 0 Å². The Kier molecular flexibility index (Phi) is 1.92. The minimum atomic E-state index is 0.375. The lowest BCUT2D eigenvalue weighted by Crippen LogP contribution is -2.12. The molecule has 0 aromatic heterocycles. The van der Waals surface area contributed by atoms with Gasteiger partial charge in [-0.15, -0.1) is 0 Å². The van der Waals surface area contributed by atoms with Crippen molar-refractivity contribution in [2.24, 2.45) is 11.7 Å². The summed E-state index contributed by atoms with van der Waals surface area (Å²) < 4.78 is 0. The van der Waals surface area contributed by atoms with E-state index < -0.39 is 0 Å². The van der Waals surface area contributed by atoms with Crippen molar-refractivity contribution in [2.45, 2.75) is 25.7 Å². The van der Waals surface area contributed by atoms with E-state index in [1.54, 1.807) is 0 Å². The number of hydrogen-bond donors (Lipinski definition) is 1. The largest absolute Gasteiger partial charge is 0.330 e. The number of hydrogen-bond acceptors (Lipinski definition) is 1. The maximum Gasteiger partial charge on any atom is -0.00287 e. The molecule has 0 bridgehead atoms. The van der Waals surface area contributed by atoms with Gasteiger partial charge in [-0.3, -0.25) is 0 Å². The van der Waals surface area contributed by atoms with E-state index in [-0.39, 0.29) is 0 Å². The van der Waals surface area contributed by atoms with E-state index in [0.29, 0.717) is 11.3 Å². The van der Waals surface area contributed by atoms with Crippen LogP contribution in [0.5, 0.6) is 0 Å². The monoisotopic (exact) mass is 175 g/mol. The molecule has 2 N–H and O–H groups in total. The molecule has 2 atom stereocenters. The molecule has 0 aliphatic heterocycles. The van der Waals surface area contributed by atoms with Gasteiger partial charge in [0, 0.05) is 0 Å². The van der Waals surface area contributed by atoms with Crippen molar-refractivity contribution >= 4 is 0 Å². The van der Waals surface area contributed by atoms with Gasteiger partial charge in [-0.25, -0.2) is 0 Å². The first-order chi connectivity index (χ1) is 6.18. The molecule has 0 heterocycles. The molecular formula is C12H17N. The Morgan fingerprint density at radius 2 is 2.15 bits per heavy atom. The van der Waals surface area contributed by atoms with E-state index in [9.17, 15) is 0 Å². The number of benzene rings is 1. The summed E-state index contributed by atoms with van der Waals surface area (Å²) in [5.41, 5.74) is 8.97. The predicted octanol–water partition coefficient (Wildman–Crippen LogP) is 2.23. The van der Waals surface area contributed by atoms with Gasteiger partial charge in [-0.1, -0.05) is 31.2 Å². The van der Waals surface area contributed by atoms with Crippen LogP contribution in [0.3, 0.4) is 0 Å². The van der Waals surface area contributed by atoms with Crippen molar-refractivity contribution in [3.8, 4) is 0 Å². The standard InChI is InChI=1S/C12H17N/c1-9-5-3-4-6-11(9)12(2)7-10(12)8-13/h3-6,10H,7-8,13H2,1-2H3/t10-,12-/m1/s1. The average molecular weight is 175 g/mol. The first-order valence-electron chi connectivity index (χ1n) is 4.94. The van der Waals surface area contributed by atoms with Crippen LogP contribution in [0.1, 0.15) is 24.5 Å². The van der Waals surface area contributed by atoms with Crippen LogP contribution >= 0.6 is 0 Å². The lowest BCUT2D eigenvalue weighted by molar-refractivity contribution is 0.662. The van der Waals surface area contributed by atoms with E-state index in [2.05, 4.69) is 38.1 Å². The van der Waals surface area contributed by atoms with E-state index >= 15 is 0 Å². The third kappa shape index (κ3) is 1.28. The zero-order chi connectivity index (χ0) is 9.47. The lowest BCUT2D eigenvalue weighted by Gasteiger charge is -2.13. The van der Waals surface area contributed by atoms with Gasteiger partial charge in [0.15, 0.2) is 0 Å². The maximum absolute atomic E-state index is 5.70. The molecule has 70 valence electrons. The molecule has 0 saturated heterocycles. The Hall–Kier alpha value is -0.820. The van der Waals surface area contributed by atoms with Gasteiger partial charge in [0.25, 0.3) is 0 Å². The third-order valence-corrected chi connectivity index (χ3v) is 3.46. The van der Waals surface area contributed by atoms with Crippen molar-refractivity contribution in [2.75, 3.05) is 6.54 Å². The Bertz CT molecular complexity index is 319. The highest BCUT2D eigenvalue weighted by Gasteiger charge is 2.50. The van der Waals surface area contributed by atoms with E-state index in [0.717, 1.165) is 6.54 Å². The molecule has 2 rings (SSSR count). The molecule has 1 aromatic rings. The fourth-order valence-corrected chi connectivity index (χ4v) is 2.34. The molecule has 0 spiro atoms. The minimum absolute atomic E-state index is 0.375. The first kappa shape index (κ1) is 8.76. The average Bonchev–Trinajstić information content (AvgIpc) is 2.79. The molecule has 1 heteroatoms. The lowest BCUT2D eigenvalue weighted by atomic mass is 9.91. The quantitative estimate of drug-likeness (QED) is 0.733. The summed E-state index contributed by atoms with van der Waals surface area (Å²) in [5, 5.41) is 0. The first-order valence-corrected chi connectivity index (χ1v) is 4.94. The molecule has 0 unspecified atom stereocenters. The second-order valence-electron chi connectivity index (χ2n) is 4.37. The smallest absolute Gasteiger partial charge is 0.00287 e. The van der Waals surface area contributed by atoms with Crippen LogP contribution in [0, 0.1) is 12.8 Å². The second kappa shape index (κ2) is 2.85. The van der Waals surface area contributed by atoms with Crippen LogP contribution in [-0.2, 0) is 5.41 Å². The highest BCUT2D eigenvalue weighted by Crippen LogP contribution is 2.53. The van der Waals surface area contributed by atoms with Crippen LogP contribution in [-0.4, -0.2) is 6.54 Å². The topological polar surface area (TPSA) is 26.0 Å². The summed E-state index contributed by atoms with van der Waals surface area (Å²) in [6.45, 7) is 5.34. The number of nitrogens with two attached hydrogens (primary N) is 1. The van der Waals surface area contributed by atoms with E-state index in [1.165, 1.54) is 17.5 Å². The molecular weight excluding hydrogens is 158 g/mol. The van der Waals surface area contributed by atoms with E-state index in [4.69, 9.17) is 5.73 Å². The van der Waals surface area contributed by atoms with Gasteiger partial charge < -0.3 is 5.73 Å². The van der Waals surface area contributed by atoms with Gasteiger partial charge in [-0.2, -0.15) is 0 Å². The molecule has 1 saturated carbocycles. The predicted molar refractivity (Wildman–Crippen MR) is 55.7 cm³/mol. The van der Waals surface area contributed by atoms with Crippen molar-refractivity contribution < 1.29 is 0 Å². The molecule has 13 heavy (non-hydrogen) atoms. The molecule has 1 aliphatic rings. The summed E-state index contributed by atoms with van der Waals surface area (Å²) >= 11 is 0. The summed E-state index contributed by atoms with van der Waals surface area (Å²) in [6, 6.07) is 8.65. The zero-order valence-electron chi connectivity index (χ0n) is 8.38. The van der Waals surface area contributed by atoms with Gasteiger partial charge in [0.2, 0.25) is 0 Å². The van der Waals surface area contributed by atoms with Gasteiger partial charge in [-0.05, 0) is 42.3 Å². The van der Waals surface area contributed by atoms with Crippen molar-refractivity contribution in [3.05, 3.63) is 35.4 Å². The van der Waals surface area contributed by atoms with Crippen LogP contribution in [0.4, 0.5) is 0 Å². The Labute approximate surface area is 80.0 Å². The van der Waals surface area contributed by atoms with E-state index in [1.807, 2.05) is 0 Å². The van der Waals surface area contributed by atoms with Gasteiger partial charge >= 0.3 is 0 Å². The Balaban J connectivity index is 2.32. The fraction of sp³-hybridized carbons (Fsp3) is 0.500. The van der Waals surface area contributed by atoms with Crippen LogP contribution < -0.4 is 5.73 Å². The highest BCUT2D eigenvalue weighted by atomic mass is 14.7. The Morgan fingerprint density at radius 3 is 2.69 bits per heavy atom. The molecule has 0 amide bonds. The molecule has 1 fully saturated rings. The van der Waals surface area contributed by atoms with Crippen LogP contribution in [0.25, 0.3) is 0 Å². The highest BCUT2D eigenvalue weighted by molar-refractivity contribution is 5.38. The van der Waals surface area contributed by atoms with Crippen LogP contribution in [0.2, 0.25) is 0 Å². The Morgan fingerprint density at radius 1 is 1.46 bits per heavy atom. The normalized spacial score (nSPS) is 31.8. The summed E-state index contributed by atoms with van der Waals surface area (Å²) in [7, 11) is 0. The molecule has 0 radical (unpaired) electrons. The van der Waals surface area contributed by atoms with Gasteiger partial charge in [0.05, 0.1) is 0 Å². The molecule has 1 aliphatic carbocycles. The maximum atomic E-state index is 5.70. The second-order valence-corrected chi connectivity index (χ2v) is 4.37. The molecule has 1 aromatic carbocycles.